The van der Waals surface area contributed by atoms with Crippen molar-refractivity contribution in [3.63, 3.8) is 0 Å². The number of fused-ring (bicyclic) bond motifs is 13. The Bertz CT molecular complexity index is 2740. The van der Waals surface area contributed by atoms with Crippen LogP contribution in [0.5, 0.6) is 0 Å². The summed E-state index contributed by atoms with van der Waals surface area (Å²) >= 11 is 0. The highest BCUT2D eigenvalue weighted by molar-refractivity contribution is 5.92. The maximum atomic E-state index is 2.57. The van der Waals surface area contributed by atoms with Crippen LogP contribution in [0.3, 0.4) is 0 Å². The van der Waals surface area contributed by atoms with Crippen molar-refractivity contribution in [3.8, 4) is 33.4 Å². The van der Waals surface area contributed by atoms with Gasteiger partial charge in [-0.3, -0.25) is 0 Å². The first-order valence-electron chi connectivity index (χ1n) is 20.5. The minimum absolute atomic E-state index is 0.0248. The molecule has 1 heteroatoms. The van der Waals surface area contributed by atoms with Crippen LogP contribution in [0.1, 0.15) is 104 Å². The van der Waals surface area contributed by atoms with E-state index >= 15 is 0 Å². The Morgan fingerprint density at radius 3 is 1.25 bits per heavy atom. The van der Waals surface area contributed by atoms with Crippen molar-refractivity contribution in [2.45, 2.75) is 83.5 Å². The number of aryl methyl sites for hydroxylation is 2. The minimum atomic E-state index is -0.230. The molecule has 1 spiro atoms. The average molecular weight is 724 g/mol. The predicted molar refractivity (Wildman–Crippen MR) is 235 cm³/mol. The topological polar surface area (TPSA) is 3.24 Å². The van der Waals surface area contributed by atoms with Crippen molar-refractivity contribution in [1.29, 1.82) is 0 Å². The van der Waals surface area contributed by atoms with Crippen molar-refractivity contribution in [1.82, 2.24) is 0 Å². The summed E-state index contributed by atoms with van der Waals surface area (Å²) in [5.74, 6) is 0. The summed E-state index contributed by atoms with van der Waals surface area (Å²) in [4.78, 5) is 2.56. The van der Waals surface area contributed by atoms with Crippen molar-refractivity contribution < 1.29 is 0 Å². The highest BCUT2D eigenvalue weighted by atomic mass is 15.1. The zero-order valence-corrected chi connectivity index (χ0v) is 33.9. The Balaban J connectivity index is 1.17. The number of benzene rings is 7. The molecule has 0 amide bonds. The van der Waals surface area contributed by atoms with Gasteiger partial charge in [0.1, 0.15) is 0 Å². The standard InChI is InChI=1S/C55H49N/c1-33-21-22-34(2)51-50(33)52(3,4)32-55(51)46-20-14-11-17-40(46)43-28-25-37(31-49(43)55)56(35-23-26-41-38-15-9-12-18-44(38)53(5,6)47(41)29-35)36-24-27-42-39-16-10-13-19-45(39)54(7,8)48(42)30-36/h9-31H,32H2,1-8H3. The molecule has 1 nitrogen and oxygen atoms in total. The molecule has 1 atom stereocenters. The lowest BCUT2D eigenvalue weighted by atomic mass is 9.70. The fourth-order valence-corrected chi connectivity index (χ4v) is 12.1. The van der Waals surface area contributed by atoms with E-state index in [2.05, 4.69) is 200 Å². The number of hydrogen-bond acceptors (Lipinski definition) is 1. The quantitative estimate of drug-likeness (QED) is 0.175. The Kier molecular flexibility index (Phi) is 6.62. The van der Waals surface area contributed by atoms with Crippen LogP contribution in [-0.2, 0) is 21.7 Å². The molecule has 0 bridgehead atoms. The van der Waals surface area contributed by atoms with Gasteiger partial charge in [-0.2, -0.15) is 0 Å². The summed E-state index contributed by atoms with van der Waals surface area (Å²) in [5, 5.41) is 0. The van der Waals surface area contributed by atoms with Crippen LogP contribution in [0, 0.1) is 13.8 Å². The molecule has 0 radical (unpaired) electrons. The van der Waals surface area contributed by atoms with Crippen molar-refractivity contribution in [2.75, 3.05) is 4.90 Å². The molecule has 0 N–H and O–H groups in total. The third kappa shape index (κ3) is 4.16. The maximum Gasteiger partial charge on any atom is 0.0478 e. The van der Waals surface area contributed by atoms with E-state index in [1.807, 2.05) is 0 Å². The first kappa shape index (κ1) is 33.7. The zero-order valence-electron chi connectivity index (χ0n) is 33.9. The zero-order chi connectivity index (χ0) is 38.5. The summed E-state index contributed by atoms with van der Waals surface area (Å²) in [6, 6.07) is 53.8. The molecule has 0 saturated carbocycles. The summed E-state index contributed by atoms with van der Waals surface area (Å²) < 4.78 is 0. The molecule has 0 aromatic heterocycles. The van der Waals surface area contributed by atoms with Crippen LogP contribution in [-0.4, -0.2) is 0 Å². The lowest BCUT2D eigenvalue weighted by molar-refractivity contribution is 0.448. The normalized spacial score (nSPS) is 19.1. The molecule has 7 aromatic rings. The van der Waals surface area contributed by atoms with Gasteiger partial charge in [-0.15, -0.1) is 0 Å². The van der Waals surface area contributed by atoms with Crippen LogP contribution >= 0.6 is 0 Å². The fraction of sp³-hybridized carbons (Fsp3) is 0.236. The van der Waals surface area contributed by atoms with E-state index in [1.54, 1.807) is 0 Å². The van der Waals surface area contributed by atoms with Gasteiger partial charge in [0, 0.05) is 33.3 Å². The number of nitrogens with zero attached hydrogens (tertiary/aromatic N) is 1. The first-order chi connectivity index (χ1) is 26.8. The van der Waals surface area contributed by atoms with Crippen LogP contribution < -0.4 is 4.90 Å². The highest BCUT2D eigenvalue weighted by Crippen LogP contribution is 2.65. The van der Waals surface area contributed by atoms with E-state index in [9.17, 15) is 0 Å². The van der Waals surface area contributed by atoms with Crippen LogP contribution in [0.2, 0.25) is 0 Å². The SMILES string of the molecule is Cc1ccc(C)c2c1C(C)(C)CC21c2ccccc2-c2ccc(N(c3ccc4c(c3)C(C)(C)c3ccccc3-4)c3ccc4c(c3)C(C)(C)c3ccccc3-4)cc21. The average Bonchev–Trinajstić information content (AvgIpc) is 3.80. The molecule has 0 heterocycles. The third-order valence-corrected chi connectivity index (χ3v) is 14.5. The van der Waals surface area contributed by atoms with Gasteiger partial charge < -0.3 is 4.90 Å². The smallest absolute Gasteiger partial charge is 0.0478 e. The monoisotopic (exact) mass is 723 g/mol. The minimum Gasteiger partial charge on any atom is -0.310 e. The van der Waals surface area contributed by atoms with Crippen molar-refractivity contribution >= 4 is 17.1 Å². The van der Waals surface area contributed by atoms with Crippen LogP contribution in [0.25, 0.3) is 33.4 Å². The van der Waals surface area contributed by atoms with Gasteiger partial charge in [0.2, 0.25) is 0 Å². The first-order valence-corrected chi connectivity index (χ1v) is 20.5. The van der Waals surface area contributed by atoms with Crippen LogP contribution in [0.4, 0.5) is 17.1 Å². The van der Waals surface area contributed by atoms with E-state index in [4.69, 9.17) is 0 Å². The van der Waals surface area contributed by atoms with Gasteiger partial charge in [0.25, 0.3) is 0 Å². The van der Waals surface area contributed by atoms with Gasteiger partial charge in [-0.1, -0.05) is 145 Å². The van der Waals surface area contributed by atoms with Crippen LogP contribution in [0.15, 0.2) is 140 Å². The molecule has 4 aliphatic rings. The number of anilines is 3. The summed E-state index contributed by atoms with van der Waals surface area (Å²) in [7, 11) is 0. The second-order valence-corrected chi connectivity index (χ2v) is 18.8. The Morgan fingerprint density at radius 1 is 0.375 bits per heavy atom. The van der Waals surface area contributed by atoms with E-state index in [1.165, 1.54) is 106 Å². The van der Waals surface area contributed by atoms with Gasteiger partial charge in [0.05, 0.1) is 0 Å². The molecule has 0 fully saturated rings. The Hall–Kier alpha value is -5.66. The molecule has 56 heavy (non-hydrogen) atoms. The van der Waals surface area contributed by atoms with Gasteiger partial charge in [-0.05, 0) is 151 Å². The summed E-state index contributed by atoms with van der Waals surface area (Å²) in [5.41, 5.74) is 25.6. The Morgan fingerprint density at radius 2 is 0.750 bits per heavy atom. The van der Waals surface area contributed by atoms with E-state index < -0.39 is 0 Å². The summed E-state index contributed by atoms with van der Waals surface area (Å²) in [6.45, 7) is 19.2. The van der Waals surface area contributed by atoms with Crippen molar-refractivity contribution in [2.24, 2.45) is 0 Å². The third-order valence-electron chi connectivity index (χ3n) is 14.5. The van der Waals surface area contributed by atoms with E-state index in [0.717, 1.165) is 6.42 Å². The van der Waals surface area contributed by atoms with E-state index in [0.29, 0.717) is 0 Å². The van der Waals surface area contributed by atoms with Gasteiger partial charge in [-0.25, -0.2) is 0 Å². The molecular formula is C55H49N. The number of rotatable bonds is 3. The molecule has 0 aliphatic heterocycles. The van der Waals surface area contributed by atoms with Gasteiger partial charge >= 0.3 is 0 Å². The fourth-order valence-electron chi connectivity index (χ4n) is 12.1. The van der Waals surface area contributed by atoms with Crippen molar-refractivity contribution in [3.05, 3.63) is 195 Å². The number of hydrogen-bond donors (Lipinski definition) is 0. The molecular weight excluding hydrogens is 675 g/mol. The van der Waals surface area contributed by atoms with E-state index in [-0.39, 0.29) is 21.7 Å². The molecule has 0 saturated heterocycles. The second kappa shape index (κ2) is 11.0. The molecule has 4 aliphatic carbocycles. The second-order valence-electron chi connectivity index (χ2n) is 18.8. The van der Waals surface area contributed by atoms with Gasteiger partial charge in [0.15, 0.2) is 0 Å². The lowest BCUT2D eigenvalue weighted by Gasteiger charge is -2.33. The highest BCUT2D eigenvalue weighted by Gasteiger charge is 2.55. The molecule has 274 valence electrons. The Labute approximate surface area is 332 Å². The molecule has 1 unspecified atom stereocenters. The lowest BCUT2D eigenvalue weighted by Crippen LogP contribution is -2.27. The summed E-state index contributed by atoms with van der Waals surface area (Å²) in [6.07, 6.45) is 1.05. The largest absolute Gasteiger partial charge is 0.310 e. The maximum absolute atomic E-state index is 2.57. The predicted octanol–water partition coefficient (Wildman–Crippen LogP) is 14.4. The molecule has 11 rings (SSSR count). The molecule has 7 aromatic carbocycles.